The highest BCUT2D eigenvalue weighted by Crippen LogP contribution is 2.22. The highest BCUT2D eigenvalue weighted by Gasteiger charge is 2.17. The van der Waals surface area contributed by atoms with Crippen LogP contribution < -0.4 is 0 Å². The first-order chi connectivity index (χ1) is 7.00. The Kier molecular flexibility index (Phi) is 2.47. The van der Waals surface area contributed by atoms with Crippen LogP contribution in [0.2, 0.25) is 0 Å². The van der Waals surface area contributed by atoms with Gasteiger partial charge in [-0.05, 0) is 17.7 Å². The van der Waals surface area contributed by atoms with Gasteiger partial charge in [-0.2, -0.15) is 0 Å². The Morgan fingerprint density at radius 2 is 2.13 bits per heavy atom. The van der Waals surface area contributed by atoms with Crippen LogP contribution in [-0.2, 0) is 11.3 Å². The molecule has 0 unspecified atom stereocenters. The number of pyridine rings is 1. The zero-order valence-corrected chi connectivity index (χ0v) is 10.0. The average Bonchev–Trinajstić information content (AvgIpc) is 2.59. The second-order valence-electron chi connectivity index (χ2n) is 4.81. The Bertz CT molecular complexity index is 480. The molecule has 0 N–H and O–H groups in total. The minimum atomic E-state index is 0.0904. The van der Waals surface area contributed by atoms with E-state index in [9.17, 15) is 0 Å². The van der Waals surface area contributed by atoms with Crippen molar-refractivity contribution in [3.8, 4) is 0 Å². The molecule has 0 aliphatic rings. The maximum absolute atomic E-state index is 5.79. The maximum atomic E-state index is 5.79. The standard InChI is InChI=1S/C12H15ClN2/c1-12(2,3)10-8-15-5-4-9(7-13)6-11(15)14-10/h4-6,8H,7H2,1-3H3. The molecule has 0 aliphatic heterocycles. The Hall–Kier alpha value is -1.02. The molecular formula is C12H15ClN2. The molecule has 0 spiro atoms. The molecule has 0 amide bonds. The van der Waals surface area contributed by atoms with Gasteiger partial charge < -0.3 is 4.40 Å². The Balaban J connectivity index is 2.56. The second-order valence-corrected chi connectivity index (χ2v) is 5.08. The first-order valence-electron chi connectivity index (χ1n) is 5.05. The van der Waals surface area contributed by atoms with E-state index in [4.69, 9.17) is 11.6 Å². The van der Waals surface area contributed by atoms with Gasteiger partial charge in [0.2, 0.25) is 0 Å². The van der Waals surface area contributed by atoms with Crippen LogP contribution in [0.5, 0.6) is 0 Å². The number of halogens is 1. The summed E-state index contributed by atoms with van der Waals surface area (Å²) in [6.45, 7) is 6.49. The van der Waals surface area contributed by atoms with E-state index >= 15 is 0 Å². The third kappa shape index (κ3) is 2.00. The number of hydrogen-bond donors (Lipinski definition) is 0. The predicted molar refractivity (Wildman–Crippen MR) is 63.4 cm³/mol. The van der Waals surface area contributed by atoms with Crippen molar-refractivity contribution in [3.05, 3.63) is 35.8 Å². The number of imidazole rings is 1. The summed E-state index contributed by atoms with van der Waals surface area (Å²) < 4.78 is 2.04. The fourth-order valence-corrected chi connectivity index (χ4v) is 1.63. The fourth-order valence-electron chi connectivity index (χ4n) is 1.47. The van der Waals surface area contributed by atoms with E-state index in [1.54, 1.807) is 0 Å². The molecule has 2 rings (SSSR count). The summed E-state index contributed by atoms with van der Waals surface area (Å²) in [6.07, 6.45) is 4.09. The van der Waals surface area contributed by atoms with Crippen LogP contribution in [0.3, 0.4) is 0 Å². The summed E-state index contributed by atoms with van der Waals surface area (Å²) in [5.41, 5.74) is 3.27. The summed E-state index contributed by atoms with van der Waals surface area (Å²) >= 11 is 5.79. The highest BCUT2D eigenvalue weighted by atomic mass is 35.5. The number of hydrogen-bond acceptors (Lipinski definition) is 1. The Morgan fingerprint density at radius 3 is 2.73 bits per heavy atom. The summed E-state index contributed by atoms with van der Waals surface area (Å²) in [6, 6.07) is 4.05. The van der Waals surface area contributed by atoms with E-state index in [1.807, 2.05) is 22.7 Å². The minimum absolute atomic E-state index is 0.0904. The SMILES string of the molecule is CC(C)(C)c1cn2ccc(CCl)cc2n1. The van der Waals surface area contributed by atoms with Gasteiger partial charge >= 0.3 is 0 Å². The average molecular weight is 223 g/mol. The second kappa shape index (κ2) is 3.53. The van der Waals surface area contributed by atoms with Gasteiger partial charge in [0, 0.05) is 23.7 Å². The summed E-state index contributed by atoms with van der Waals surface area (Å²) in [5, 5.41) is 0. The molecule has 0 radical (unpaired) electrons. The highest BCUT2D eigenvalue weighted by molar-refractivity contribution is 6.17. The quantitative estimate of drug-likeness (QED) is 0.677. The van der Waals surface area contributed by atoms with Crippen LogP contribution in [0, 0.1) is 0 Å². The Morgan fingerprint density at radius 1 is 1.40 bits per heavy atom. The lowest BCUT2D eigenvalue weighted by Crippen LogP contribution is -2.11. The minimum Gasteiger partial charge on any atom is -0.307 e. The van der Waals surface area contributed by atoms with Crippen molar-refractivity contribution in [2.75, 3.05) is 0 Å². The zero-order chi connectivity index (χ0) is 11.1. The van der Waals surface area contributed by atoms with Gasteiger partial charge in [0.05, 0.1) is 5.69 Å². The number of rotatable bonds is 1. The van der Waals surface area contributed by atoms with Gasteiger partial charge in [0.15, 0.2) is 0 Å². The first kappa shape index (κ1) is 10.5. The molecule has 3 heteroatoms. The molecule has 2 heterocycles. The summed E-state index contributed by atoms with van der Waals surface area (Å²) in [7, 11) is 0. The van der Waals surface area contributed by atoms with Gasteiger partial charge in [0.25, 0.3) is 0 Å². The van der Waals surface area contributed by atoms with Crippen molar-refractivity contribution in [1.29, 1.82) is 0 Å². The van der Waals surface area contributed by atoms with E-state index in [-0.39, 0.29) is 5.41 Å². The molecule has 2 aromatic heterocycles. The van der Waals surface area contributed by atoms with Crippen LogP contribution in [-0.4, -0.2) is 9.38 Å². The molecule has 0 fully saturated rings. The predicted octanol–water partition coefficient (Wildman–Crippen LogP) is 3.37. The monoisotopic (exact) mass is 222 g/mol. The normalized spacial score (nSPS) is 12.3. The van der Waals surface area contributed by atoms with Crippen LogP contribution in [0.4, 0.5) is 0 Å². The van der Waals surface area contributed by atoms with Crippen molar-refractivity contribution in [1.82, 2.24) is 9.38 Å². The zero-order valence-electron chi connectivity index (χ0n) is 9.29. The van der Waals surface area contributed by atoms with Crippen LogP contribution in [0.25, 0.3) is 5.65 Å². The molecule has 0 aromatic carbocycles. The summed E-state index contributed by atoms with van der Waals surface area (Å²) in [4.78, 5) is 4.60. The van der Waals surface area contributed by atoms with Crippen molar-refractivity contribution in [2.24, 2.45) is 0 Å². The third-order valence-electron chi connectivity index (χ3n) is 2.45. The van der Waals surface area contributed by atoms with Crippen molar-refractivity contribution < 1.29 is 0 Å². The molecule has 2 aromatic rings. The molecule has 0 aliphatic carbocycles. The number of fused-ring (bicyclic) bond motifs is 1. The van der Waals surface area contributed by atoms with Gasteiger partial charge in [-0.15, -0.1) is 11.6 Å². The van der Waals surface area contributed by atoms with Gasteiger partial charge in [-0.1, -0.05) is 20.8 Å². The van der Waals surface area contributed by atoms with E-state index < -0.39 is 0 Å². The first-order valence-corrected chi connectivity index (χ1v) is 5.58. The summed E-state index contributed by atoms with van der Waals surface area (Å²) in [5.74, 6) is 0.536. The van der Waals surface area contributed by atoms with Gasteiger partial charge in [0.1, 0.15) is 5.65 Å². The fraction of sp³-hybridized carbons (Fsp3) is 0.417. The van der Waals surface area contributed by atoms with Crippen LogP contribution >= 0.6 is 11.6 Å². The molecule has 0 bridgehead atoms. The lowest BCUT2D eigenvalue weighted by atomic mass is 9.93. The lowest BCUT2D eigenvalue weighted by molar-refractivity contribution is 0.573. The maximum Gasteiger partial charge on any atom is 0.137 e. The largest absolute Gasteiger partial charge is 0.307 e. The molecule has 80 valence electrons. The Labute approximate surface area is 94.9 Å². The number of aromatic nitrogens is 2. The number of alkyl halides is 1. The van der Waals surface area contributed by atoms with Crippen molar-refractivity contribution in [2.45, 2.75) is 32.1 Å². The molecular weight excluding hydrogens is 208 g/mol. The van der Waals surface area contributed by atoms with E-state index in [0.717, 1.165) is 16.9 Å². The van der Waals surface area contributed by atoms with Crippen LogP contribution in [0.1, 0.15) is 32.0 Å². The molecule has 2 nitrogen and oxygen atoms in total. The molecule has 0 saturated heterocycles. The van der Waals surface area contributed by atoms with E-state index in [2.05, 4.69) is 32.0 Å². The van der Waals surface area contributed by atoms with E-state index in [1.165, 1.54) is 0 Å². The smallest absolute Gasteiger partial charge is 0.137 e. The third-order valence-corrected chi connectivity index (χ3v) is 2.76. The molecule has 0 atom stereocenters. The van der Waals surface area contributed by atoms with Gasteiger partial charge in [-0.3, -0.25) is 0 Å². The van der Waals surface area contributed by atoms with E-state index in [0.29, 0.717) is 5.88 Å². The van der Waals surface area contributed by atoms with Crippen molar-refractivity contribution in [3.63, 3.8) is 0 Å². The lowest BCUT2D eigenvalue weighted by Gasteiger charge is -2.13. The molecule has 15 heavy (non-hydrogen) atoms. The van der Waals surface area contributed by atoms with Crippen molar-refractivity contribution >= 4 is 17.2 Å². The number of nitrogens with zero attached hydrogens (tertiary/aromatic N) is 2. The van der Waals surface area contributed by atoms with Crippen LogP contribution in [0.15, 0.2) is 24.5 Å². The molecule has 0 saturated carbocycles. The van der Waals surface area contributed by atoms with Gasteiger partial charge in [-0.25, -0.2) is 4.98 Å². The topological polar surface area (TPSA) is 17.3 Å².